The number of benzene rings is 3. The van der Waals surface area contributed by atoms with Crippen molar-refractivity contribution in [2.24, 2.45) is 0 Å². The van der Waals surface area contributed by atoms with Crippen LogP contribution in [0, 0.1) is 11.6 Å². The Balaban J connectivity index is 1.43. The van der Waals surface area contributed by atoms with Gasteiger partial charge in [-0.15, -0.1) is 0 Å². The minimum absolute atomic E-state index is 0.0214. The van der Waals surface area contributed by atoms with Gasteiger partial charge in [-0.25, -0.2) is 13.8 Å². The summed E-state index contributed by atoms with van der Waals surface area (Å²) in [4.78, 5) is 16.9. The van der Waals surface area contributed by atoms with E-state index in [0.717, 1.165) is 6.07 Å². The SMILES string of the molecule is O=C(Nc1ccc(Oc2ccccc2)cc1)c1cccnc1NCc1cccc(F)c1F. The molecular formula is C25H19F2N3O2. The number of carbonyl (C=O) groups excluding carboxylic acids is 1. The molecule has 0 aliphatic carbocycles. The molecule has 4 rings (SSSR count). The van der Waals surface area contributed by atoms with E-state index in [9.17, 15) is 13.6 Å². The van der Waals surface area contributed by atoms with E-state index in [2.05, 4.69) is 15.6 Å². The fourth-order valence-corrected chi connectivity index (χ4v) is 3.02. The molecule has 0 unspecified atom stereocenters. The largest absolute Gasteiger partial charge is 0.457 e. The van der Waals surface area contributed by atoms with E-state index in [4.69, 9.17) is 4.74 Å². The third-order valence-electron chi connectivity index (χ3n) is 4.62. The standard InChI is InChI=1S/C25H19F2N3O2/c26-22-10-4-6-17(23(22)27)16-29-24-21(9-5-15-28-24)25(31)30-18-11-13-20(14-12-18)32-19-7-2-1-3-8-19/h1-15H,16H2,(H,28,29)(H,30,31). The maximum Gasteiger partial charge on any atom is 0.259 e. The summed E-state index contributed by atoms with van der Waals surface area (Å²) in [5, 5.41) is 5.70. The molecule has 4 aromatic rings. The van der Waals surface area contributed by atoms with Crippen LogP contribution in [0.15, 0.2) is 91.1 Å². The molecule has 1 aromatic heterocycles. The molecule has 0 bridgehead atoms. The van der Waals surface area contributed by atoms with Crippen LogP contribution in [0.4, 0.5) is 20.3 Å². The zero-order chi connectivity index (χ0) is 22.3. The molecule has 0 aliphatic rings. The van der Waals surface area contributed by atoms with Gasteiger partial charge in [0.2, 0.25) is 0 Å². The number of halogens is 2. The Morgan fingerprint density at radius 1 is 0.844 bits per heavy atom. The number of ether oxygens (including phenoxy) is 1. The zero-order valence-corrected chi connectivity index (χ0v) is 16.9. The van der Waals surface area contributed by atoms with E-state index in [1.807, 2.05) is 30.3 Å². The summed E-state index contributed by atoms with van der Waals surface area (Å²) in [7, 11) is 0. The van der Waals surface area contributed by atoms with Crippen LogP contribution in [0.5, 0.6) is 11.5 Å². The molecule has 0 fully saturated rings. The number of nitrogens with one attached hydrogen (secondary N) is 2. The van der Waals surface area contributed by atoms with Crippen molar-refractivity contribution in [3.63, 3.8) is 0 Å². The van der Waals surface area contributed by atoms with E-state index >= 15 is 0 Å². The van der Waals surface area contributed by atoms with Crippen molar-refractivity contribution in [2.75, 3.05) is 10.6 Å². The summed E-state index contributed by atoms with van der Waals surface area (Å²) in [5.41, 5.74) is 0.978. The molecule has 2 N–H and O–H groups in total. The van der Waals surface area contributed by atoms with Crippen LogP contribution in [0.3, 0.4) is 0 Å². The summed E-state index contributed by atoms with van der Waals surface area (Å²) in [5.74, 6) is -0.641. The highest BCUT2D eigenvalue weighted by molar-refractivity contribution is 6.07. The second-order valence-electron chi connectivity index (χ2n) is 6.86. The molecule has 1 amide bonds. The molecule has 0 saturated carbocycles. The average Bonchev–Trinajstić information content (AvgIpc) is 2.82. The maximum absolute atomic E-state index is 13.9. The zero-order valence-electron chi connectivity index (χ0n) is 16.9. The van der Waals surface area contributed by atoms with E-state index in [-0.39, 0.29) is 23.5 Å². The van der Waals surface area contributed by atoms with Crippen molar-refractivity contribution in [3.05, 3.63) is 114 Å². The van der Waals surface area contributed by atoms with Crippen molar-refractivity contribution < 1.29 is 18.3 Å². The number of carbonyl (C=O) groups is 1. The van der Waals surface area contributed by atoms with Crippen LogP contribution in [0.1, 0.15) is 15.9 Å². The minimum Gasteiger partial charge on any atom is -0.457 e. The van der Waals surface area contributed by atoms with Gasteiger partial charge in [-0.3, -0.25) is 4.79 Å². The Hall–Kier alpha value is -4.26. The summed E-state index contributed by atoms with van der Waals surface area (Å²) in [6, 6.07) is 23.5. The Labute approximate surface area is 183 Å². The third kappa shape index (κ3) is 5.07. The first kappa shape index (κ1) is 21.0. The van der Waals surface area contributed by atoms with Crippen molar-refractivity contribution in [2.45, 2.75) is 6.54 Å². The molecule has 3 aromatic carbocycles. The normalized spacial score (nSPS) is 10.4. The number of anilines is 2. The lowest BCUT2D eigenvalue weighted by molar-refractivity contribution is 0.102. The second-order valence-corrected chi connectivity index (χ2v) is 6.86. The van der Waals surface area contributed by atoms with E-state index in [0.29, 0.717) is 17.2 Å². The van der Waals surface area contributed by atoms with Gasteiger partial charge in [0.05, 0.1) is 5.56 Å². The summed E-state index contributed by atoms with van der Waals surface area (Å²) in [6.07, 6.45) is 1.51. The van der Waals surface area contributed by atoms with Crippen LogP contribution >= 0.6 is 0 Å². The van der Waals surface area contributed by atoms with E-state index < -0.39 is 17.5 Å². The number of para-hydroxylation sites is 1. The predicted octanol–water partition coefficient (Wildman–Crippen LogP) is 6.02. The second kappa shape index (κ2) is 9.70. The highest BCUT2D eigenvalue weighted by Gasteiger charge is 2.14. The smallest absolute Gasteiger partial charge is 0.259 e. The molecule has 32 heavy (non-hydrogen) atoms. The topological polar surface area (TPSA) is 63.2 Å². The van der Waals surface area contributed by atoms with Gasteiger partial charge in [-0.05, 0) is 54.6 Å². The van der Waals surface area contributed by atoms with Crippen LogP contribution in [0.25, 0.3) is 0 Å². The van der Waals surface area contributed by atoms with Gasteiger partial charge in [0.15, 0.2) is 11.6 Å². The number of aromatic nitrogens is 1. The van der Waals surface area contributed by atoms with Gasteiger partial charge in [0.1, 0.15) is 17.3 Å². The highest BCUT2D eigenvalue weighted by Crippen LogP contribution is 2.23. The Kier molecular flexibility index (Phi) is 6.36. The number of rotatable bonds is 7. The van der Waals surface area contributed by atoms with Gasteiger partial charge in [-0.1, -0.05) is 30.3 Å². The first-order valence-corrected chi connectivity index (χ1v) is 9.86. The molecule has 0 radical (unpaired) electrons. The fraction of sp³-hybridized carbons (Fsp3) is 0.0400. The van der Waals surface area contributed by atoms with Gasteiger partial charge in [0.25, 0.3) is 5.91 Å². The van der Waals surface area contributed by atoms with Crippen LogP contribution in [-0.4, -0.2) is 10.9 Å². The molecule has 0 saturated heterocycles. The number of hydrogen-bond donors (Lipinski definition) is 2. The Morgan fingerprint density at radius 2 is 1.59 bits per heavy atom. The molecule has 0 spiro atoms. The molecular weight excluding hydrogens is 412 g/mol. The van der Waals surface area contributed by atoms with Gasteiger partial charge in [0, 0.05) is 24.0 Å². The van der Waals surface area contributed by atoms with Crippen molar-refractivity contribution in [1.29, 1.82) is 0 Å². The summed E-state index contributed by atoms with van der Waals surface area (Å²) >= 11 is 0. The Bertz CT molecular complexity index is 1220. The van der Waals surface area contributed by atoms with Gasteiger partial charge < -0.3 is 15.4 Å². The molecule has 0 aliphatic heterocycles. The molecule has 5 nitrogen and oxygen atoms in total. The van der Waals surface area contributed by atoms with Gasteiger partial charge >= 0.3 is 0 Å². The summed E-state index contributed by atoms with van der Waals surface area (Å²) in [6.45, 7) is -0.0214. The minimum atomic E-state index is -0.931. The lowest BCUT2D eigenvalue weighted by atomic mass is 10.2. The number of pyridine rings is 1. The Morgan fingerprint density at radius 3 is 2.38 bits per heavy atom. The number of amides is 1. The maximum atomic E-state index is 13.9. The first-order chi connectivity index (χ1) is 15.6. The lowest BCUT2D eigenvalue weighted by Crippen LogP contribution is -2.16. The highest BCUT2D eigenvalue weighted by atomic mass is 19.2. The number of nitrogens with zero attached hydrogens (tertiary/aromatic N) is 1. The van der Waals surface area contributed by atoms with Crippen LogP contribution in [-0.2, 0) is 6.54 Å². The molecule has 1 heterocycles. The summed E-state index contributed by atoms with van der Waals surface area (Å²) < 4.78 is 33.1. The van der Waals surface area contributed by atoms with Gasteiger partial charge in [-0.2, -0.15) is 0 Å². The van der Waals surface area contributed by atoms with E-state index in [1.54, 1.807) is 36.4 Å². The molecule has 0 atom stereocenters. The molecule has 7 heteroatoms. The molecule has 160 valence electrons. The van der Waals surface area contributed by atoms with Crippen molar-refractivity contribution in [3.8, 4) is 11.5 Å². The van der Waals surface area contributed by atoms with Crippen molar-refractivity contribution in [1.82, 2.24) is 4.98 Å². The average molecular weight is 431 g/mol. The van der Waals surface area contributed by atoms with Crippen LogP contribution < -0.4 is 15.4 Å². The number of hydrogen-bond acceptors (Lipinski definition) is 4. The predicted molar refractivity (Wildman–Crippen MR) is 119 cm³/mol. The van der Waals surface area contributed by atoms with Crippen molar-refractivity contribution >= 4 is 17.4 Å². The quantitative estimate of drug-likeness (QED) is 0.376. The lowest BCUT2D eigenvalue weighted by Gasteiger charge is -2.12. The van der Waals surface area contributed by atoms with Crippen LogP contribution in [0.2, 0.25) is 0 Å². The third-order valence-corrected chi connectivity index (χ3v) is 4.62. The fourth-order valence-electron chi connectivity index (χ4n) is 3.02. The van der Waals surface area contributed by atoms with E-state index in [1.165, 1.54) is 18.3 Å². The monoisotopic (exact) mass is 431 g/mol. The first-order valence-electron chi connectivity index (χ1n) is 9.86.